The lowest BCUT2D eigenvalue weighted by Crippen LogP contribution is -2.32. The standard InChI is InChI=1S/C26H23BrP/c27-20-23-13-10-18-26(19-23)28(24-14-6-2-7-15-24,25-16-8-3-9-17-25)21-22-11-4-1-5-12-22/h1-19H,20-21H2/q+1. The second-order valence-electron chi connectivity index (χ2n) is 6.93. The van der Waals surface area contributed by atoms with E-state index >= 15 is 0 Å². The number of rotatable bonds is 6. The van der Waals surface area contributed by atoms with E-state index in [1.165, 1.54) is 27.0 Å². The summed E-state index contributed by atoms with van der Waals surface area (Å²) in [4.78, 5) is 0. The third-order valence-electron chi connectivity index (χ3n) is 5.16. The first-order valence-electron chi connectivity index (χ1n) is 9.51. The van der Waals surface area contributed by atoms with Crippen LogP contribution in [-0.2, 0) is 11.5 Å². The first-order valence-corrected chi connectivity index (χ1v) is 12.6. The molecule has 0 N–H and O–H groups in total. The summed E-state index contributed by atoms with van der Waals surface area (Å²) in [6.07, 6.45) is 1.02. The van der Waals surface area contributed by atoms with Crippen molar-refractivity contribution in [2.75, 3.05) is 0 Å². The zero-order valence-corrected chi connectivity index (χ0v) is 18.2. The molecule has 0 aromatic heterocycles. The summed E-state index contributed by atoms with van der Waals surface area (Å²) >= 11 is 3.65. The van der Waals surface area contributed by atoms with Crippen molar-refractivity contribution in [2.45, 2.75) is 11.5 Å². The van der Waals surface area contributed by atoms with Gasteiger partial charge in [0.05, 0.1) is 6.16 Å². The summed E-state index contributed by atoms with van der Waals surface area (Å²) in [6.45, 7) is 0. The number of benzene rings is 4. The van der Waals surface area contributed by atoms with Crippen LogP contribution >= 0.6 is 23.2 Å². The van der Waals surface area contributed by atoms with Crippen LogP contribution in [0.5, 0.6) is 0 Å². The van der Waals surface area contributed by atoms with Crippen molar-refractivity contribution in [2.24, 2.45) is 0 Å². The van der Waals surface area contributed by atoms with E-state index in [-0.39, 0.29) is 0 Å². The Morgan fingerprint density at radius 1 is 0.500 bits per heavy atom. The quantitative estimate of drug-likeness (QED) is 0.249. The number of hydrogen-bond acceptors (Lipinski definition) is 0. The van der Waals surface area contributed by atoms with Gasteiger partial charge in [-0.15, -0.1) is 0 Å². The van der Waals surface area contributed by atoms with Crippen LogP contribution in [0.1, 0.15) is 11.1 Å². The Labute approximate surface area is 176 Å². The molecule has 4 aromatic carbocycles. The molecule has 2 heteroatoms. The van der Waals surface area contributed by atoms with Crippen LogP contribution in [0.25, 0.3) is 0 Å². The lowest BCUT2D eigenvalue weighted by Gasteiger charge is -2.28. The largest absolute Gasteiger partial charge is 0.116 e. The van der Waals surface area contributed by atoms with E-state index in [1.807, 2.05) is 0 Å². The van der Waals surface area contributed by atoms with Crippen molar-refractivity contribution in [3.63, 3.8) is 0 Å². The third kappa shape index (κ3) is 3.83. The first kappa shape index (κ1) is 19.1. The average Bonchev–Trinajstić information content (AvgIpc) is 2.79. The highest BCUT2D eigenvalue weighted by Crippen LogP contribution is 2.58. The lowest BCUT2D eigenvalue weighted by molar-refractivity contribution is 1.38. The van der Waals surface area contributed by atoms with Gasteiger partial charge in [-0.25, -0.2) is 0 Å². The Kier molecular flexibility index (Phi) is 6.05. The van der Waals surface area contributed by atoms with Gasteiger partial charge in [0.15, 0.2) is 0 Å². The fourth-order valence-electron chi connectivity index (χ4n) is 3.82. The normalized spacial score (nSPS) is 11.3. The highest BCUT2D eigenvalue weighted by atomic mass is 79.9. The third-order valence-corrected chi connectivity index (χ3v) is 10.2. The summed E-state index contributed by atoms with van der Waals surface area (Å²) in [6, 6.07) is 42.2. The molecular weight excluding hydrogens is 423 g/mol. The predicted octanol–water partition coefficient (Wildman–Crippen LogP) is 6.08. The van der Waals surface area contributed by atoms with Crippen LogP contribution in [0, 0.1) is 0 Å². The summed E-state index contributed by atoms with van der Waals surface area (Å²) in [5.41, 5.74) is 2.70. The monoisotopic (exact) mass is 445 g/mol. The molecule has 0 saturated carbocycles. The van der Waals surface area contributed by atoms with E-state index in [0.717, 1.165) is 11.5 Å². The summed E-state index contributed by atoms with van der Waals surface area (Å²) < 4.78 is 0. The molecule has 0 saturated heterocycles. The second kappa shape index (κ2) is 8.86. The molecule has 0 bridgehead atoms. The van der Waals surface area contributed by atoms with Gasteiger partial charge in [-0.05, 0) is 47.5 Å². The Hall–Kier alpha value is -2.21. The maximum absolute atomic E-state index is 3.65. The van der Waals surface area contributed by atoms with Crippen molar-refractivity contribution in [1.82, 2.24) is 0 Å². The van der Waals surface area contributed by atoms with E-state index in [1.54, 1.807) is 0 Å². The molecule has 138 valence electrons. The Balaban J connectivity index is 2.01. The van der Waals surface area contributed by atoms with E-state index < -0.39 is 7.26 Å². The molecule has 0 atom stereocenters. The van der Waals surface area contributed by atoms with Crippen LogP contribution < -0.4 is 15.9 Å². The van der Waals surface area contributed by atoms with Crippen molar-refractivity contribution in [3.8, 4) is 0 Å². The van der Waals surface area contributed by atoms with Gasteiger partial charge in [-0.2, -0.15) is 0 Å². The molecule has 4 aromatic rings. The van der Waals surface area contributed by atoms with E-state index in [9.17, 15) is 0 Å². The van der Waals surface area contributed by atoms with Crippen LogP contribution in [-0.4, -0.2) is 0 Å². The van der Waals surface area contributed by atoms with Gasteiger partial charge in [-0.1, -0.05) is 94.8 Å². The zero-order chi connectivity index (χ0) is 19.2. The second-order valence-corrected chi connectivity index (χ2v) is 11.0. The molecule has 0 fully saturated rings. The first-order chi connectivity index (χ1) is 13.8. The van der Waals surface area contributed by atoms with Crippen molar-refractivity contribution >= 4 is 39.1 Å². The lowest BCUT2D eigenvalue weighted by atomic mass is 10.2. The molecule has 0 unspecified atom stereocenters. The van der Waals surface area contributed by atoms with Gasteiger partial charge in [0, 0.05) is 5.33 Å². The molecule has 0 spiro atoms. The van der Waals surface area contributed by atoms with Crippen LogP contribution in [0.3, 0.4) is 0 Å². The average molecular weight is 446 g/mol. The minimum Gasteiger partial charge on any atom is -0.0876 e. The van der Waals surface area contributed by atoms with Crippen LogP contribution in [0.4, 0.5) is 0 Å². The van der Waals surface area contributed by atoms with E-state index in [0.29, 0.717) is 0 Å². The van der Waals surface area contributed by atoms with Crippen molar-refractivity contribution < 1.29 is 0 Å². The highest BCUT2D eigenvalue weighted by Gasteiger charge is 2.45. The van der Waals surface area contributed by atoms with Gasteiger partial charge in [-0.3, -0.25) is 0 Å². The summed E-state index contributed by atoms with van der Waals surface area (Å²) in [5.74, 6) is 0. The fraction of sp³-hybridized carbons (Fsp3) is 0.0769. The molecule has 0 nitrogen and oxygen atoms in total. The minimum absolute atomic E-state index is 0.871. The number of halogens is 1. The molecule has 4 rings (SSSR count). The highest BCUT2D eigenvalue weighted by molar-refractivity contribution is 9.08. The maximum atomic E-state index is 3.65. The van der Waals surface area contributed by atoms with Gasteiger partial charge in [0.25, 0.3) is 0 Å². The zero-order valence-electron chi connectivity index (χ0n) is 15.7. The number of alkyl halides is 1. The van der Waals surface area contributed by atoms with Gasteiger partial charge < -0.3 is 0 Å². The van der Waals surface area contributed by atoms with Gasteiger partial charge in [0.2, 0.25) is 0 Å². The fourth-order valence-corrected chi connectivity index (χ4v) is 8.46. The molecule has 0 heterocycles. The molecule has 28 heavy (non-hydrogen) atoms. The van der Waals surface area contributed by atoms with E-state index in [2.05, 4.69) is 131 Å². The smallest absolute Gasteiger partial charge is 0.0876 e. The molecule has 0 radical (unpaired) electrons. The van der Waals surface area contributed by atoms with Crippen LogP contribution in [0.2, 0.25) is 0 Å². The Morgan fingerprint density at radius 2 is 0.964 bits per heavy atom. The molecule has 0 aliphatic heterocycles. The Bertz CT molecular complexity index is 974. The minimum atomic E-state index is -1.84. The van der Waals surface area contributed by atoms with Crippen molar-refractivity contribution in [3.05, 3.63) is 126 Å². The summed E-state index contributed by atoms with van der Waals surface area (Å²) in [7, 11) is -1.84. The van der Waals surface area contributed by atoms with E-state index in [4.69, 9.17) is 0 Å². The van der Waals surface area contributed by atoms with Gasteiger partial charge >= 0.3 is 0 Å². The molecule has 0 amide bonds. The van der Waals surface area contributed by atoms with Crippen molar-refractivity contribution in [1.29, 1.82) is 0 Å². The molecule has 0 aliphatic carbocycles. The Morgan fingerprint density at radius 3 is 1.50 bits per heavy atom. The molecule has 0 aliphatic rings. The summed E-state index contributed by atoms with van der Waals surface area (Å²) in [5, 5.41) is 5.16. The SMILES string of the molecule is BrCc1cccc([P+](Cc2ccccc2)(c2ccccc2)c2ccccc2)c1. The maximum Gasteiger partial charge on any atom is 0.116 e. The predicted molar refractivity (Wildman–Crippen MR) is 128 cm³/mol. The topological polar surface area (TPSA) is 0 Å². The molecular formula is C26H23BrP+. The number of hydrogen-bond donors (Lipinski definition) is 0. The van der Waals surface area contributed by atoms with Gasteiger partial charge in [0.1, 0.15) is 23.2 Å². The van der Waals surface area contributed by atoms with Crippen LogP contribution in [0.15, 0.2) is 115 Å².